The van der Waals surface area contributed by atoms with Gasteiger partial charge in [-0.25, -0.2) is 0 Å². The zero-order valence-corrected chi connectivity index (χ0v) is 8.38. The number of anilines is 1. The second kappa shape index (κ2) is 2.62. The predicted molar refractivity (Wildman–Crippen MR) is 54.7 cm³/mol. The molecule has 1 aromatic carbocycles. The fourth-order valence-corrected chi connectivity index (χ4v) is 1.98. The Kier molecular flexibility index (Phi) is 1.71. The van der Waals surface area contributed by atoms with Crippen LogP contribution in [0.3, 0.4) is 0 Å². The molecule has 1 amide bonds. The van der Waals surface area contributed by atoms with E-state index < -0.39 is 0 Å². The normalized spacial score (nSPS) is 14.2. The first-order valence-corrected chi connectivity index (χ1v) is 4.63. The molecule has 0 unspecified atom stereocenters. The zero-order chi connectivity index (χ0) is 8.72. The van der Waals surface area contributed by atoms with Gasteiger partial charge in [-0.2, -0.15) is 0 Å². The minimum absolute atomic E-state index is 0.0546. The van der Waals surface area contributed by atoms with E-state index in [-0.39, 0.29) is 5.91 Å². The molecule has 0 bridgehead atoms. The first-order valence-electron chi connectivity index (χ1n) is 3.55. The molecule has 0 aromatic heterocycles. The Bertz CT molecular complexity index is 362. The minimum atomic E-state index is -0.0546. The van der Waals surface area contributed by atoms with Gasteiger partial charge < -0.3 is 11.1 Å². The predicted octanol–water partition coefficient (Wildman–Crippen LogP) is 1.12. The van der Waals surface area contributed by atoms with Gasteiger partial charge in [-0.15, -0.1) is 0 Å². The van der Waals surface area contributed by atoms with Gasteiger partial charge >= 0.3 is 0 Å². The molecule has 0 aliphatic carbocycles. The van der Waals surface area contributed by atoms with Crippen LogP contribution >= 0.6 is 22.6 Å². The Morgan fingerprint density at radius 1 is 1.50 bits per heavy atom. The number of hydrogen-bond donors (Lipinski definition) is 2. The fraction of sp³-hybridized carbons (Fsp3) is 0.125. The van der Waals surface area contributed by atoms with Crippen LogP contribution in [0.1, 0.15) is 15.9 Å². The molecular formula is C8H7IN2O. The number of halogens is 1. The van der Waals surface area contributed by atoms with Gasteiger partial charge in [0.15, 0.2) is 0 Å². The van der Waals surface area contributed by atoms with E-state index in [1.54, 1.807) is 6.07 Å². The SMILES string of the molecule is Nc1ccc(I)c2c1C(=O)NC2. The lowest BCUT2D eigenvalue weighted by Gasteiger charge is -2.01. The molecule has 0 saturated carbocycles. The molecule has 4 heteroatoms. The van der Waals surface area contributed by atoms with Crippen molar-refractivity contribution in [2.45, 2.75) is 6.54 Å². The lowest BCUT2D eigenvalue weighted by atomic mass is 10.1. The number of fused-ring (bicyclic) bond motifs is 1. The maximum absolute atomic E-state index is 11.2. The summed E-state index contributed by atoms with van der Waals surface area (Å²) in [6.45, 7) is 0.609. The van der Waals surface area contributed by atoms with Crippen molar-refractivity contribution >= 4 is 34.2 Å². The lowest BCUT2D eigenvalue weighted by Crippen LogP contribution is -2.13. The summed E-state index contributed by atoms with van der Waals surface area (Å²) in [6, 6.07) is 3.69. The second-order valence-corrected chi connectivity index (χ2v) is 3.84. The van der Waals surface area contributed by atoms with Gasteiger partial charge in [-0.3, -0.25) is 4.79 Å². The van der Waals surface area contributed by atoms with Crippen LogP contribution in [-0.4, -0.2) is 5.91 Å². The van der Waals surface area contributed by atoms with Crippen LogP contribution in [0.15, 0.2) is 12.1 Å². The molecule has 62 valence electrons. The maximum Gasteiger partial charge on any atom is 0.254 e. The smallest absolute Gasteiger partial charge is 0.254 e. The summed E-state index contributed by atoms with van der Waals surface area (Å²) < 4.78 is 1.09. The van der Waals surface area contributed by atoms with Crippen LogP contribution in [0.4, 0.5) is 5.69 Å². The first kappa shape index (κ1) is 7.85. The van der Waals surface area contributed by atoms with Crippen LogP contribution in [0, 0.1) is 3.57 Å². The van der Waals surface area contributed by atoms with Crippen molar-refractivity contribution in [2.24, 2.45) is 0 Å². The number of nitrogens with one attached hydrogen (secondary N) is 1. The number of rotatable bonds is 0. The highest BCUT2D eigenvalue weighted by molar-refractivity contribution is 14.1. The van der Waals surface area contributed by atoms with Crippen molar-refractivity contribution in [1.29, 1.82) is 0 Å². The molecule has 0 fully saturated rings. The Labute approximate surface area is 83.5 Å². The number of nitrogen functional groups attached to an aromatic ring is 1. The summed E-state index contributed by atoms with van der Waals surface area (Å²) in [5, 5.41) is 2.74. The highest BCUT2D eigenvalue weighted by Crippen LogP contribution is 2.26. The van der Waals surface area contributed by atoms with Gasteiger partial charge in [0.1, 0.15) is 0 Å². The van der Waals surface area contributed by atoms with Gasteiger partial charge in [-0.05, 0) is 40.3 Å². The molecule has 0 spiro atoms. The summed E-state index contributed by atoms with van der Waals surface area (Å²) >= 11 is 2.20. The Balaban J connectivity index is 2.72. The molecule has 3 N–H and O–H groups in total. The Morgan fingerprint density at radius 3 is 2.92 bits per heavy atom. The molecule has 1 heterocycles. The highest BCUT2D eigenvalue weighted by Gasteiger charge is 2.23. The van der Waals surface area contributed by atoms with Gasteiger partial charge in [-0.1, -0.05) is 0 Å². The highest BCUT2D eigenvalue weighted by atomic mass is 127. The van der Waals surface area contributed by atoms with Crippen molar-refractivity contribution in [3.63, 3.8) is 0 Å². The topological polar surface area (TPSA) is 55.1 Å². The van der Waals surface area contributed by atoms with E-state index in [0.29, 0.717) is 17.8 Å². The van der Waals surface area contributed by atoms with Crippen molar-refractivity contribution in [1.82, 2.24) is 5.32 Å². The van der Waals surface area contributed by atoms with Gasteiger partial charge in [0.25, 0.3) is 5.91 Å². The summed E-state index contributed by atoms with van der Waals surface area (Å²) in [7, 11) is 0. The molecule has 0 radical (unpaired) electrons. The second-order valence-electron chi connectivity index (χ2n) is 2.67. The van der Waals surface area contributed by atoms with E-state index in [4.69, 9.17) is 5.73 Å². The fourth-order valence-electron chi connectivity index (χ4n) is 1.34. The summed E-state index contributed by atoms with van der Waals surface area (Å²) in [5.74, 6) is -0.0546. The van der Waals surface area contributed by atoms with Crippen LogP contribution in [0.2, 0.25) is 0 Å². The van der Waals surface area contributed by atoms with E-state index in [0.717, 1.165) is 9.13 Å². The first-order chi connectivity index (χ1) is 5.70. The Hall–Kier alpha value is -0.780. The monoisotopic (exact) mass is 274 g/mol. The third-order valence-electron chi connectivity index (χ3n) is 1.94. The number of nitrogens with two attached hydrogens (primary N) is 1. The van der Waals surface area contributed by atoms with Crippen molar-refractivity contribution in [2.75, 3.05) is 5.73 Å². The van der Waals surface area contributed by atoms with E-state index in [2.05, 4.69) is 27.9 Å². The number of benzene rings is 1. The summed E-state index contributed by atoms with van der Waals surface area (Å²) in [4.78, 5) is 11.2. The Morgan fingerprint density at radius 2 is 2.25 bits per heavy atom. The van der Waals surface area contributed by atoms with Crippen molar-refractivity contribution in [3.8, 4) is 0 Å². The average molecular weight is 274 g/mol. The molecule has 1 aliphatic heterocycles. The molecule has 1 aliphatic rings. The zero-order valence-electron chi connectivity index (χ0n) is 6.23. The van der Waals surface area contributed by atoms with E-state index >= 15 is 0 Å². The molecule has 0 saturated heterocycles. The molecule has 2 rings (SSSR count). The summed E-state index contributed by atoms with van der Waals surface area (Å²) in [6.07, 6.45) is 0. The van der Waals surface area contributed by atoms with Crippen molar-refractivity contribution < 1.29 is 4.79 Å². The van der Waals surface area contributed by atoms with Crippen LogP contribution in [0.25, 0.3) is 0 Å². The molecule has 1 aromatic rings. The van der Waals surface area contributed by atoms with Gasteiger partial charge in [0.2, 0.25) is 0 Å². The van der Waals surface area contributed by atoms with Crippen LogP contribution in [-0.2, 0) is 6.54 Å². The third-order valence-corrected chi connectivity index (χ3v) is 2.95. The lowest BCUT2D eigenvalue weighted by molar-refractivity contribution is 0.0966. The van der Waals surface area contributed by atoms with Gasteiger partial charge in [0, 0.05) is 15.8 Å². The van der Waals surface area contributed by atoms with E-state index in [1.807, 2.05) is 6.07 Å². The van der Waals surface area contributed by atoms with E-state index in [9.17, 15) is 4.79 Å². The summed E-state index contributed by atoms with van der Waals surface area (Å²) in [5.41, 5.74) is 7.92. The quantitative estimate of drug-likeness (QED) is 0.550. The van der Waals surface area contributed by atoms with Gasteiger partial charge in [0.05, 0.1) is 5.56 Å². The molecule has 12 heavy (non-hydrogen) atoms. The maximum atomic E-state index is 11.2. The third kappa shape index (κ3) is 0.979. The number of hydrogen-bond acceptors (Lipinski definition) is 2. The molecule has 3 nitrogen and oxygen atoms in total. The molecule has 0 atom stereocenters. The van der Waals surface area contributed by atoms with Crippen LogP contribution in [0.5, 0.6) is 0 Å². The molecular weight excluding hydrogens is 267 g/mol. The standard InChI is InChI=1S/C8H7IN2O/c9-5-1-2-6(10)7-4(5)3-11-8(7)12/h1-2H,3,10H2,(H,11,12). The minimum Gasteiger partial charge on any atom is -0.398 e. The van der Waals surface area contributed by atoms with E-state index in [1.165, 1.54) is 0 Å². The number of amides is 1. The van der Waals surface area contributed by atoms with Crippen molar-refractivity contribution in [3.05, 3.63) is 26.8 Å². The average Bonchev–Trinajstić information content (AvgIpc) is 2.42. The largest absolute Gasteiger partial charge is 0.398 e. The number of carbonyl (C=O) groups is 1. The number of carbonyl (C=O) groups excluding carboxylic acids is 1. The van der Waals surface area contributed by atoms with Crippen LogP contribution < -0.4 is 11.1 Å².